The average Bonchev–Trinajstić information content (AvgIpc) is 3.42. The van der Waals surface area contributed by atoms with E-state index >= 15 is 0 Å². The molecule has 2 aliphatic rings. The lowest BCUT2D eigenvalue weighted by Crippen LogP contribution is -2.32. The van der Waals surface area contributed by atoms with E-state index in [2.05, 4.69) is 0 Å². The molecule has 4 rings (SSSR count). The predicted octanol–water partition coefficient (Wildman–Crippen LogP) is 4.80. The summed E-state index contributed by atoms with van der Waals surface area (Å²) < 4.78 is 0.717. The molecule has 4 amide bonds. The van der Waals surface area contributed by atoms with Crippen molar-refractivity contribution in [1.29, 1.82) is 0 Å². The van der Waals surface area contributed by atoms with E-state index < -0.39 is 0 Å². The van der Waals surface area contributed by atoms with E-state index in [0.717, 1.165) is 34.7 Å². The summed E-state index contributed by atoms with van der Waals surface area (Å²) in [6, 6.07) is 19.5. The summed E-state index contributed by atoms with van der Waals surface area (Å²) in [6.45, 7) is 1.61. The molecule has 12 heteroatoms. The number of hydrogen-bond acceptors (Lipinski definition) is 8. The van der Waals surface area contributed by atoms with E-state index in [4.69, 9.17) is 24.4 Å². The number of thioether (sulfide) groups is 2. The van der Waals surface area contributed by atoms with Gasteiger partial charge >= 0.3 is 0 Å². The van der Waals surface area contributed by atoms with E-state index in [9.17, 15) is 19.2 Å². The summed E-state index contributed by atoms with van der Waals surface area (Å²) in [5, 5.41) is 0. The standard InChI is InChI=1S/C30H32N4O4S4/c1-31(19-21-11-5-3-6-12-21)23(35)15-9-17-33-27(37)25(41-29(33)39)26-28(38)34(30(40)42-26)18-10-16-24(36)32(2)20-22-13-7-4-8-14-22/h3-8,11-14H,9-10,15-20H2,1-2H3/b26-25+. The second-order valence-electron chi connectivity index (χ2n) is 9.99. The molecule has 2 aromatic carbocycles. The number of amides is 4. The van der Waals surface area contributed by atoms with Gasteiger partial charge in [0.25, 0.3) is 11.8 Å². The summed E-state index contributed by atoms with van der Waals surface area (Å²) in [7, 11) is 3.52. The van der Waals surface area contributed by atoms with Crippen molar-refractivity contribution in [1.82, 2.24) is 19.6 Å². The Labute approximate surface area is 265 Å². The fourth-order valence-electron chi connectivity index (χ4n) is 4.51. The van der Waals surface area contributed by atoms with E-state index in [-0.39, 0.29) is 59.4 Å². The minimum Gasteiger partial charge on any atom is -0.341 e. The van der Waals surface area contributed by atoms with Crippen molar-refractivity contribution >= 4 is 80.2 Å². The van der Waals surface area contributed by atoms with E-state index in [1.54, 1.807) is 23.9 Å². The van der Waals surface area contributed by atoms with Crippen LogP contribution in [0.25, 0.3) is 0 Å². The molecule has 0 N–H and O–H groups in total. The topological polar surface area (TPSA) is 81.2 Å². The van der Waals surface area contributed by atoms with Crippen LogP contribution >= 0.6 is 48.0 Å². The Morgan fingerprint density at radius 2 is 1.02 bits per heavy atom. The van der Waals surface area contributed by atoms with Gasteiger partial charge in [-0.15, -0.1) is 0 Å². The van der Waals surface area contributed by atoms with Crippen molar-refractivity contribution in [3.8, 4) is 0 Å². The third-order valence-corrected chi connectivity index (χ3v) is 9.85. The van der Waals surface area contributed by atoms with Gasteiger partial charge in [0.1, 0.15) is 8.64 Å². The molecule has 0 saturated carbocycles. The first-order chi connectivity index (χ1) is 20.2. The van der Waals surface area contributed by atoms with Crippen LogP contribution in [-0.2, 0) is 32.3 Å². The molecule has 220 valence electrons. The molecule has 2 saturated heterocycles. The molecule has 2 aromatic rings. The Morgan fingerprint density at radius 3 is 1.38 bits per heavy atom. The van der Waals surface area contributed by atoms with Crippen LogP contribution in [0.3, 0.4) is 0 Å². The third-order valence-electron chi connectivity index (χ3n) is 6.83. The zero-order valence-corrected chi connectivity index (χ0v) is 26.8. The molecule has 8 nitrogen and oxygen atoms in total. The Hall–Kier alpha value is -3.06. The summed E-state index contributed by atoms with van der Waals surface area (Å²) in [4.78, 5) is 58.4. The van der Waals surface area contributed by atoms with Gasteiger partial charge in [0.05, 0.1) is 9.81 Å². The third kappa shape index (κ3) is 8.06. The van der Waals surface area contributed by atoms with Crippen LogP contribution in [0.5, 0.6) is 0 Å². The average molecular weight is 641 g/mol. The molecular formula is C30H32N4O4S4. The molecule has 0 bridgehead atoms. The molecule has 0 spiro atoms. The minimum atomic E-state index is -0.340. The van der Waals surface area contributed by atoms with Crippen LogP contribution < -0.4 is 0 Å². The highest BCUT2D eigenvalue weighted by atomic mass is 32.2. The molecule has 0 aliphatic carbocycles. The van der Waals surface area contributed by atoms with Gasteiger partial charge < -0.3 is 9.80 Å². The molecule has 0 aromatic heterocycles. The monoisotopic (exact) mass is 640 g/mol. The van der Waals surface area contributed by atoms with E-state index in [1.165, 1.54) is 9.80 Å². The highest BCUT2D eigenvalue weighted by Gasteiger charge is 2.41. The first-order valence-corrected chi connectivity index (χ1v) is 16.0. The SMILES string of the molecule is CN(Cc1ccccc1)C(=O)CCCN1C(=O)/C(=C2\SC(=S)N(CCCC(=O)N(C)Cc3ccccc3)C2=O)SC1=S. The van der Waals surface area contributed by atoms with Gasteiger partial charge in [-0.05, 0) is 24.0 Å². The molecule has 0 radical (unpaired) electrons. The number of carbonyl (C=O) groups excluding carboxylic acids is 4. The normalized spacial score (nSPS) is 16.9. The van der Waals surface area contributed by atoms with Crippen molar-refractivity contribution in [2.45, 2.75) is 38.8 Å². The minimum absolute atomic E-state index is 0.0186. The number of nitrogens with zero attached hydrogens (tertiary/aromatic N) is 4. The summed E-state index contributed by atoms with van der Waals surface area (Å²) in [6.07, 6.45) is 1.45. The van der Waals surface area contributed by atoms with Crippen LogP contribution in [0.15, 0.2) is 70.5 Å². The quantitative estimate of drug-likeness (QED) is 0.242. The van der Waals surface area contributed by atoms with Gasteiger partial charge in [-0.1, -0.05) is 109 Å². The Kier molecular flexibility index (Phi) is 11.3. The fraction of sp³-hybridized carbons (Fsp3) is 0.333. The van der Waals surface area contributed by atoms with Crippen LogP contribution in [0.2, 0.25) is 0 Å². The second-order valence-corrected chi connectivity index (χ2v) is 13.3. The maximum atomic E-state index is 13.2. The number of hydrogen-bond donors (Lipinski definition) is 0. The van der Waals surface area contributed by atoms with Gasteiger partial charge in [-0.2, -0.15) is 0 Å². The summed E-state index contributed by atoms with van der Waals surface area (Å²) in [5.41, 5.74) is 2.09. The largest absolute Gasteiger partial charge is 0.341 e. The molecule has 42 heavy (non-hydrogen) atoms. The second kappa shape index (κ2) is 14.9. The maximum Gasteiger partial charge on any atom is 0.267 e. The van der Waals surface area contributed by atoms with Gasteiger partial charge in [0, 0.05) is 53.1 Å². The molecule has 2 heterocycles. The maximum absolute atomic E-state index is 13.2. The Morgan fingerprint density at radius 1 is 0.667 bits per heavy atom. The smallest absolute Gasteiger partial charge is 0.267 e. The molecule has 2 fully saturated rings. The van der Waals surface area contributed by atoms with Crippen molar-refractivity contribution in [2.75, 3.05) is 27.2 Å². The molecular weight excluding hydrogens is 609 g/mol. The van der Waals surface area contributed by atoms with Gasteiger partial charge in [0.2, 0.25) is 11.8 Å². The number of thiocarbonyl (C=S) groups is 2. The lowest BCUT2D eigenvalue weighted by Gasteiger charge is -2.19. The Bertz CT molecular complexity index is 1300. The van der Waals surface area contributed by atoms with Crippen LogP contribution in [0.4, 0.5) is 0 Å². The van der Waals surface area contributed by atoms with E-state index in [1.807, 2.05) is 60.7 Å². The van der Waals surface area contributed by atoms with Crippen molar-refractivity contribution in [3.63, 3.8) is 0 Å². The molecule has 2 aliphatic heterocycles. The zero-order valence-electron chi connectivity index (χ0n) is 23.5. The number of carbonyl (C=O) groups is 4. The van der Waals surface area contributed by atoms with Crippen molar-refractivity contribution in [2.24, 2.45) is 0 Å². The van der Waals surface area contributed by atoms with Gasteiger partial charge in [-0.25, -0.2) is 0 Å². The van der Waals surface area contributed by atoms with Gasteiger partial charge in [0.15, 0.2) is 0 Å². The lowest BCUT2D eigenvalue weighted by molar-refractivity contribution is -0.131. The zero-order chi connectivity index (χ0) is 30.2. The van der Waals surface area contributed by atoms with Crippen molar-refractivity contribution < 1.29 is 19.2 Å². The van der Waals surface area contributed by atoms with Crippen LogP contribution in [-0.4, -0.2) is 79.1 Å². The molecule has 0 atom stereocenters. The first kappa shape index (κ1) is 31.9. The Balaban J connectivity index is 1.26. The van der Waals surface area contributed by atoms with Crippen molar-refractivity contribution in [3.05, 3.63) is 81.6 Å². The van der Waals surface area contributed by atoms with Crippen LogP contribution in [0.1, 0.15) is 36.8 Å². The number of benzene rings is 2. The first-order valence-electron chi connectivity index (χ1n) is 13.5. The number of rotatable bonds is 12. The van der Waals surface area contributed by atoms with Gasteiger partial charge in [-0.3, -0.25) is 29.0 Å². The summed E-state index contributed by atoms with van der Waals surface area (Å²) >= 11 is 13.1. The van der Waals surface area contributed by atoms with E-state index in [0.29, 0.717) is 34.6 Å². The summed E-state index contributed by atoms with van der Waals surface area (Å²) in [5.74, 6) is -0.716. The predicted molar refractivity (Wildman–Crippen MR) is 175 cm³/mol. The highest BCUT2D eigenvalue weighted by Crippen LogP contribution is 2.42. The highest BCUT2D eigenvalue weighted by molar-refractivity contribution is 8.29. The lowest BCUT2D eigenvalue weighted by atomic mass is 10.2. The van der Waals surface area contributed by atoms with Crippen LogP contribution in [0, 0.1) is 0 Å². The fourth-order valence-corrected chi connectivity index (χ4v) is 7.28. The molecule has 0 unspecified atom stereocenters.